The molecule has 1 saturated heterocycles. The summed E-state index contributed by atoms with van der Waals surface area (Å²) in [6.07, 6.45) is 3.68. The molecule has 1 aliphatic rings. The summed E-state index contributed by atoms with van der Waals surface area (Å²) in [4.78, 5) is 25.4. The second-order valence-corrected chi connectivity index (χ2v) is 15.1. The van der Waals surface area contributed by atoms with Gasteiger partial charge in [0, 0.05) is 18.4 Å². The smallest absolute Gasteiger partial charge is 0.342 e. The predicted molar refractivity (Wildman–Crippen MR) is 156 cm³/mol. The van der Waals surface area contributed by atoms with Gasteiger partial charge in [-0.15, -0.1) is 6.58 Å². The van der Waals surface area contributed by atoms with Crippen molar-refractivity contribution in [3.05, 3.63) is 121 Å². The lowest BCUT2D eigenvalue weighted by molar-refractivity contribution is -0.143. The standard InChI is InChI=1S/C33H36O5Si/c1-5-25(29-21-22-36-32(35)30(29)24-37-31(34)26-15-9-6-10-16-26)23-38-39(33(2,3)4,27-17-11-7-12-18-27)28-19-13-8-14-20-28/h5-20,24-25,29H,1,21-23H2,2-4H3/b30-24+/t25-,29-/m0/s1. The van der Waals surface area contributed by atoms with Gasteiger partial charge in [0.2, 0.25) is 0 Å². The molecule has 202 valence electrons. The molecule has 1 heterocycles. The zero-order chi connectivity index (χ0) is 27.9. The molecule has 0 radical (unpaired) electrons. The number of hydrogen-bond acceptors (Lipinski definition) is 5. The van der Waals surface area contributed by atoms with E-state index in [1.54, 1.807) is 24.3 Å². The maximum absolute atomic E-state index is 12.8. The zero-order valence-corrected chi connectivity index (χ0v) is 23.8. The molecular formula is C33H36O5Si. The third-order valence-corrected chi connectivity index (χ3v) is 12.3. The van der Waals surface area contributed by atoms with Crippen molar-refractivity contribution < 1.29 is 23.5 Å². The summed E-state index contributed by atoms with van der Waals surface area (Å²) < 4.78 is 17.9. The Morgan fingerprint density at radius 3 is 2.03 bits per heavy atom. The van der Waals surface area contributed by atoms with Gasteiger partial charge in [-0.05, 0) is 34.0 Å². The number of rotatable bonds is 9. The summed E-state index contributed by atoms with van der Waals surface area (Å²) in [6, 6.07) is 29.5. The quantitative estimate of drug-likeness (QED) is 0.115. The van der Waals surface area contributed by atoms with Gasteiger partial charge >= 0.3 is 11.9 Å². The van der Waals surface area contributed by atoms with E-state index in [1.807, 2.05) is 24.3 Å². The number of hydrogen-bond donors (Lipinski definition) is 0. The Bertz CT molecular complexity index is 1260. The molecule has 3 aromatic rings. The van der Waals surface area contributed by atoms with Crippen molar-refractivity contribution in [2.75, 3.05) is 13.2 Å². The summed E-state index contributed by atoms with van der Waals surface area (Å²) in [6.45, 7) is 11.4. The zero-order valence-electron chi connectivity index (χ0n) is 22.8. The first-order chi connectivity index (χ1) is 18.8. The Labute approximate surface area is 232 Å². The number of cyclic esters (lactones) is 1. The Kier molecular flexibility index (Phi) is 8.99. The van der Waals surface area contributed by atoms with E-state index in [4.69, 9.17) is 13.9 Å². The highest BCUT2D eigenvalue weighted by Crippen LogP contribution is 2.38. The van der Waals surface area contributed by atoms with E-state index in [9.17, 15) is 9.59 Å². The van der Waals surface area contributed by atoms with Gasteiger partial charge in [-0.3, -0.25) is 0 Å². The highest BCUT2D eigenvalue weighted by Gasteiger charge is 2.50. The van der Waals surface area contributed by atoms with Crippen molar-refractivity contribution in [1.29, 1.82) is 0 Å². The summed E-state index contributed by atoms with van der Waals surface area (Å²) in [5, 5.41) is 2.18. The molecule has 0 aliphatic carbocycles. The molecule has 39 heavy (non-hydrogen) atoms. The first-order valence-corrected chi connectivity index (χ1v) is 15.2. The molecule has 0 N–H and O–H groups in total. The summed E-state index contributed by atoms with van der Waals surface area (Å²) in [5.41, 5.74) is 0.729. The van der Waals surface area contributed by atoms with Gasteiger partial charge in [0.25, 0.3) is 8.32 Å². The summed E-state index contributed by atoms with van der Waals surface area (Å²) in [5.74, 6) is -1.46. The van der Waals surface area contributed by atoms with Gasteiger partial charge < -0.3 is 13.9 Å². The Balaban J connectivity index is 1.65. The average Bonchev–Trinajstić information content (AvgIpc) is 2.95. The highest BCUT2D eigenvalue weighted by atomic mass is 28.4. The fourth-order valence-corrected chi connectivity index (χ4v) is 9.94. The SMILES string of the molecule is C=C[C@@H](CO[Si](c1ccccc1)(c1ccccc1)C(C)(C)C)[C@@H]1CCOC(=O)/C1=C/OC(=O)c1ccccc1. The van der Waals surface area contributed by atoms with Crippen LogP contribution in [0.2, 0.25) is 5.04 Å². The molecule has 0 amide bonds. The largest absolute Gasteiger partial charge is 0.462 e. The highest BCUT2D eigenvalue weighted by molar-refractivity contribution is 6.99. The normalized spacial score (nSPS) is 17.8. The molecule has 0 spiro atoms. The van der Waals surface area contributed by atoms with Crippen LogP contribution in [0.4, 0.5) is 0 Å². The van der Waals surface area contributed by atoms with Gasteiger partial charge in [-0.2, -0.15) is 0 Å². The predicted octanol–water partition coefficient (Wildman–Crippen LogP) is 5.67. The molecule has 0 unspecified atom stereocenters. The monoisotopic (exact) mass is 540 g/mol. The molecule has 0 bridgehead atoms. The van der Waals surface area contributed by atoms with Crippen molar-refractivity contribution in [3.8, 4) is 0 Å². The molecule has 3 aromatic carbocycles. The fraction of sp³-hybridized carbons (Fsp3) is 0.273. The first-order valence-electron chi connectivity index (χ1n) is 13.3. The van der Waals surface area contributed by atoms with E-state index in [-0.39, 0.29) is 23.5 Å². The maximum Gasteiger partial charge on any atom is 0.342 e. The molecule has 0 aromatic heterocycles. The van der Waals surface area contributed by atoms with Crippen LogP contribution >= 0.6 is 0 Å². The molecule has 1 aliphatic heterocycles. The number of benzene rings is 3. The second kappa shape index (κ2) is 12.4. The summed E-state index contributed by atoms with van der Waals surface area (Å²) in [7, 11) is -2.78. The molecule has 5 nitrogen and oxygen atoms in total. The first kappa shape index (κ1) is 28.3. The van der Waals surface area contributed by atoms with Crippen LogP contribution in [0.3, 0.4) is 0 Å². The molecule has 1 fully saturated rings. The minimum atomic E-state index is -2.78. The van der Waals surface area contributed by atoms with Crippen LogP contribution in [0, 0.1) is 11.8 Å². The molecule has 0 saturated carbocycles. The number of carbonyl (C=O) groups excluding carboxylic acids is 2. The van der Waals surface area contributed by atoms with Crippen molar-refractivity contribution in [2.45, 2.75) is 32.2 Å². The number of carbonyl (C=O) groups is 2. The van der Waals surface area contributed by atoms with Crippen LogP contribution < -0.4 is 10.4 Å². The maximum atomic E-state index is 12.8. The molecule has 4 rings (SSSR count). The van der Waals surface area contributed by atoms with Crippen molar-refractivity contribution in [3.63, 3.8) is 0 Å². The van der Waals surface area contributed by atoms with Gasteiger partial charge in [0.05, 0.1) is 17.7 Å². The van der Waals surface area contributed by atoms with E-state index < -0.39 is 20.3 Å². The van der Waals surface area contributed by atoms with Crippen molar-refractivity contribution >= 4 is 30.6 Å². The molecule has 2 atom stereocenters. The lowest BCUT2D eigenvalue weighted by Crippen LogP contribution is -2.67. The van der Waals surface area contributed by atoms with Crippen molar-refractivity contribution in [1.82, 2.24) is 0 Å². The van der Waals surface area contributed by atoms with E-state index in [0.29, 0.717) is 24.2 Å². The summed E-state index contributed by atoms with van der Waals surface area (Å²) >= 11 is 0. The van der Waals surface area contributed by atoms with Crippen LogP contribution in [0.1, 0.15) is 37.6 Å². The third kappa shape index (κ3) is 6.13. The van der Waals surface area contributed by atoms with E-state index in [1.165, 1.54) is 16.6 Å². The topological polar surface area (TPSA) is 61.8 Å². The Morgan fingerprint density at radius 2 is 1.51 bits per heavy atom. The van der Waals surface area contributed by atoms with Gasteiger partial charge in [-0.25, -0.2) is 9.59 Å². The minimum absolute atomic E-state index is 0.184. The minimum Gasteiger partial charge on any atom is -0.462 e. The van der Waals surface area contributed by atoms with Crippen LogP contribution in [0.15, 0.2) is 115 Å². The van der Waals surface area contributed by atoms with Crippen LogP contribution in [0.5, 0.6) is 0 Å². The lowest BCUT2D eigenvalue weighted by Gasteiger charge is -2.44. The van der Waals surface area contributed by atoms with Crippen LogP contribution in [-0.4, -0.2) is 33.5 Å². The Hall–Kier alpha value is -3.74. The lowest BCUT2D eigenvalue weighted by atomic mass is 9.83. The van der Waals surface area contributed by atoms with Gasteiger partial charge in [0.1, 0.15) is 6.26 Å². The fourth-order valence-electron chi connectivity index (χ4n) is 5.34. The van der Waals surface area contributed by atoms with Crippen LogP contribution in [0.25, 0.3) is 0 Å². The molecule has 6 heteroatoms. The number of esters is 2. The van der Waals surface area contributed by atoms with E-state index >= 15 is 0 Å². The second-order valence-electron chi connectivity index (χ2n) is 10.7. The van der Waals surface area contributed by atoms with Gasteiger partial charge in [-0.1, -0.05) is 106 Å². The van der Waals surface area contributed by atoms with Crippen LogP contribution in [-0.2, 0) is 18.7 Å². The number of ether oxygens (including phenoxy) is 2. The van der Waals surface area contributed by atoms with Gasteiger partial charge in [0.15, 0.2) is 0 Å². The molecular weight excluding hydrogens is 504 g/mol. The average molecular weight is 541 g/mol. The van der Waals surface area contributed by atoms with Crippen molar-refractivity contribution in [2.24, 2.45) is 11.8 Å². The van der Waals surface area contributed by atoms with E-state index in [0.717, 1.165) is 0 Å². The Morgan fingerprint density at radius 1 is 0.974 bits per heavy atom. The third-order valence-electron chi connectivity index (χ3n) is 7.33. The van der Waals surface area contributed by atoms with E-state index in [2.05, 4.69) is 75.9 Å².